The van der Waals surface area contributed by atoms with Gasteiger partial charge in [0, 0.05) is 35.8 Å². The molecule has 9 heteroatoms. The van der Waals surface area contributed by atoms with E-state index in [0.29, 0.717) is 25.9 Å². The Morgan fingerprint density at radius 1 is 1.29 bits per heavy atom. The first-order chi connectivity index (χ1) is 16.3. The molecule has 3 aliphatic rings. The number of halogens is 1. The summed E-state index contributed by atoms with van der Waals surface area (Å²) in [6, 6.07) is 9.08. The largest absolute Gasteiger partial charge is 0.396 e. The molecular weight excluding hydrogens is 518 g/mol. The van der Waals surface area contributed by atoms with Gasteiger partial charge in [-0.05, 0) is 31.7 Å². The highest BCUT2D eigenvalue weighted by Crippen LogP contribution is 2.67. The fraction of sp³-hybridized carbons (Fsp3) is 0.640. The van der Waals surface area contributed by atoms with E-state index in [1.54, 1.807) is 16.7 Å². The number of rotatable bonds is 10. The molecule has 1 aromatic rings. The SMILES string of the molecule is CCCC(C)NC(=O)C1N(CCCO)C(=O)[C@@H]2[C@H](C(=O)NCc3ccccc3)[C@H]3SC12CC3Br. The number of hydrogen-bond donors (Lipinski definition) is 3. The van der Waals surface area contributed by atoms with Crippen molar-refractivity contribution in [2.75, 3.05) is 13.2 Å². The Bertz CT molecular complexity index is 919. The second kappa shape index (κ2) is 10.6. The summed E-state index contributed by atoms with van der Waals surface area (Å²) in [5.41, 5.74) is 1.00. The number of hydrogen-bond acceptors (Lipinski definition) is 5. The number of aliphatic hydroxyl groups excluding tert-OH is 1. The third kappa shape index (κ3) is 4.51. The number of benzene rings is 1. The van der Waals surface area contributed by atoms with Crippen LogP contribution in [0.4, 0.5) is 0 Å². The highest BCUT2D eigenvalue weighted by atomic mass is 79.9. The van der Waals surface area contributed by atoms with Gasteiger partial charge in [-0.15, -0.1) is 11.8 Å². The number of carbonyl (C=O) groups excluding carboxylic acids is 3. The molecule has 0 radical (unpaired) electrons. The van der Waals surface area contributed by atoms with Crippen molar-refractivity contribution < 1.29 is 19.5 Å². The number of thioether (sulfide) groups is 1. The lowest BCUT2D eigenvalue weighted by Crippen LogP contribution is -2.56. The lowest BCUT2D eigenvalue weighted by Gasteiger charge is -2.35. The van der Waals surface area contributed by atoms with Crippen LogP contribution in [0.15, 0.2) is 30.3 Å². The van der Waals surface area contributed by atoms with Crippen molar-refractivity contribution in [1.29, 1.82) is 0 Å². The summed E-state index contributed by atoms with van der Waals surface area (Å²) in [5, 5.41) is 15.5. The topological polar surface area (TPSA) is 98.7 Å². The molecule has 3 heterocycles. The van der Waals surface area contributed by atoms with Gasteiger partial charge in [-0.25, -0.2) is 0 Å². The third-order valence-corrected chi connectivity index (χ3v) is 10.5. The van der Waals surface area contributed by atoms with Gasteiger partial charge in [0.15, 0.2) is 0 Å². The number of nitrogens with zero attached hydrogens (tertiary/aromatic N) is 1. The van der Waals surface area contributed by atoms with Gasteiger partial charge in [0.05, 0.1) is 16.6 Å². The molecule has 7 atom stereocenters. The zero-order valence-electron chi connectivity index (χ0n) is 19.7. The van der Waals surface area contributed by atoms with E-state index in [9.17, 15) is 19.5 Å². The van der Waals surface area contributed by atoms with Gasteiger partial charge in [-0.1, -0.05) is 59.6 Å². The fourth-order valence-corrected chi connectivity index (χ4v) is 9.55. The summed E-state index contributed by atoms with van der Waals surface area (Å²) in [6.45, 7) is 4.72. The van der Waals surface area contributed by atoms with Crippen molar-refractivity contribution in [2.24, 2.45) is 11.8 Å². The molecule has 7 nitrogen and oxygen atoms in total. The van der Waals surface area contributed by atoms with Crippen LogP contribution >= 0.6 is 27.7 Å². The van der Waals surface area contributed by atoms with Gasteiger partial charge in [-0.2, -0.15) is 0 Å². The van der Waals surface area contributed by atoms with Gasteiger partial charge >= 0.3 is 0 Å². The van der Waals surface area contributed by atoms with Crippen molar-refractivity contribution in [3.8, 4) is 0 Å². The van der Waals surface area contributed by atoms with Gasteiger partial charge in [0.25, 0.3) is 0 Å². The Morgan fingerprint density at radius 3 is 2.71 bits per heavy atom. The maximum atomic E-state index is 13.8. The first-order valence-electron chi connectivity index (χ1n) is 12.2. The predicted molar refractivity (Wildman–Crippen MR) is 136 cm³/mol. The number of likely N-dealkylation sites (tertiary alicyclic amines) is 1. The standard InChI is InChI=1S/C25H34BrN3O4S/c1-3-8-15(2)28-23(32)21-25-13-17(26)20(34-25)18(19(25)24(33)29(21)11-7-12-30)22(31)27-14-16-9-5-4-6-10-16/h4-6,9-10,15,17-21,30H,3,7-8,11-14H2,1-2H3,(H,27,31)(H,28,32)/t15?,17?,18-,19-,20-,21?,25?/m0/s1. The van der Waals surface area contributed by atoms with Crippen molar-refractivity contribution in [3.05, 3.63) is 35.9 Å². The minimum atomic E-state index is -0.643. The molecule has 4 unspecified atom stereocenters. The van der Waals surface area contributed by atoms with E-state index in [4.69, 9.17) is 0 Å². The van der Waals surface area contributed by atoms with E-state index in [1.807, 2.05) is 37.3 Å². The quantitative estimate of drug-likeness (QED) is 0.388. The normalized spacial score (nSPS) is 32.5. The molecular formula is C25H34BrN3O4S. The Balaban J connectivity index is 1.61. The molecule has 0 aliphatic carbocycles. The number of carbonyl (C=O) groups is 3. The maximum Gasteiger partial charge on any atom is 0.244 e. The number of aliphatic hydroxyl groups is 1. The number of amides is 3. The Kier molecular flexibility index (Phi) is 7.94. The summed E-state index contributed by atoms with van der Waals surface area (Å²) >= 11 is 5.41. The molecule has 2 bridgehead atoms. The first kappa shape index (κ1) is 25.5. The third-order valence-electron chi connectivity index (χ3n) is 7.32. The van der Waals surface area contributed by atoms with Gasteiger partial charge in [-0.3, -0.25) is 14.4 Å². The lowest BCUT2D eigenvalue weighted by atomic mass is 9.70. The Hall–Kier alpha value is -1.58. The minimum absolute atomic E-state index is 0.0103. The first-order valence-corrected chi connectivity index (χ1v) is 14.0. The van der Waals surface area contributed by atoms with Crippen molar-refractivity contribution in [3.63, 3.8) is 0 Å². The molecule has 3 amide bonds. The average molecular weight is 553 g/mol. The van der Waals surface area contributed by atoms with E-state index in [2.05, 4.69) is 33.5 Å². The summed E-state index contributed by atoms with van der Waals surface area (Å²) in [5.74, 6) is -1.45. The molecule has 4 rings (SSSR count). The molecule has 34 heavy (non-hydrogen) atoms. The van der Waals surface area contributed by atoms with Crippen LogP contribution in [0.25, 0.3) is 0 Å². The molecule has 0 aromatic heterocycles. The highest BCUT2D eigenvalue weighted by molar-refractivity contribution is 9.09. The van der Waals surface area contributed by atoms with Crippen molar-refractivity contribution in [2.45, 2.75) is 73.0 Å². The minimum Gasteiger partial charge on any atom is -0.396 e. The molecule has 1 aromatic carbocycles. The van der Waals surface area contributed by atoms with Crippen LogP contribution in [0.1, 0.15) is 45.1 Å². The lowest BCUT2D eigenvalue weighted by molar-refractivity contribution is -0.140. The Labute approximate surface area is 213 Å². The van der Waals surface area contributed by atoms with Crippen LogP contribution in [-0.2, 0) is 20.9 Å². The highest BCUT2D eigenvalue weighted by Gasteiger charge is 2.75. The molecule has 3 aliphatic heterocycles. The molecule has 3 N–H and O–H groups in total. The van der Waals surface area contributed by atoms with Crippen LogP contribution in [0, 0.1) is 11.8 Å². The molecule has 3 saturated heterocycles. The zero-order chi connectivity index (χ0) is 24.5. The summed E-state index contributed by atoms with van der Waals surface area (Å²) in [4.78, 5) is 42.5. The smallest absolute Gasteiger partial charge is 0.244 e. The van der Waals surface area contributed by atoms with E-state index in [1.165, 1.54) is 0 Å². The van der Waals surface area contributed by atoms with Gasteiger partial charge < -0.3 is 20.6 Å². The number of fused-ring (bicyclic) bond motifs is 1. The monoisotopic (exact) mass is 551 g/mol. The summed E-state index contributed by atoms with van der Waals surface area (Å²) < 4.78 is -0.643. The van der Waals surface area contributed by atoms with Crippen LogP contribution in [0.5, 0.6) is 0 Å². The van der Waals surface area contributed by atoms with Crippen LogP contribution < -0.4 is 10.6 Å². The molecule has 3 fully saturated rings. The van der Waals surface area contributed by atoms with Gasteiger partial charge in [0.1, 0.15) is 6.04 Å². The summed E-state index contributed by atoms with van der Waals surface area (Å²) in [6.07, 6.45) is 2.88. The average Bonchev–Trinajstić information content (AvgIpc) is 3.40. The van der Waals surface area contributed by atoms with Crippen LogP contribution in [0.3, 0.4) is 0 Å². The number of nitrogens with one attached hydrogen (secondary N) is 2. The molecule has 1 spiro atoms. The van der Waals surface area contributed by atoms with Crippen molar-refractivity contribution in [1.82, 2.24) is 15.5 Å². The molecule has 186 valence electrons. The van der Waals surface area contributed by atoms with E-state index >= 15 is 0 Å². The fourth-order valence-electron chi connectivity index (χ4n) is 5.94. The number of alkyl halides is 1. The van der Waals surface area contributed by atoms with E-state index < -0.39 is 22.6 Å². The van der Waals surface area contributed by atoms with E-state index in [0.717, 1.165) is 18.4 Å². The van der Waals surface area contributed by atoms with Crippen molar-refractivity contribution >= 4 is 45.4 Å². The molecule has 0 saturated carbocycles. The zero-order valence-corrected chi connectivity index (χ0v) is 22.1. The second-order valence-corrected chi connectivity index (χ2v) is 12.4. The summed E-state index contributed by atoms with van der Waals surface area (Å²) in [7, 11) is 0. The second-order valence-electron chi connectivity index (χ2n) is 9.67. The van der Waals surface area contributed by atoms with Crippen LogP contribution in [0.2, 0.25) is 0 Å². The maximum absolute atomic E-state index is 13.8. The predicted octanol–water partition coefficient (Wildman–Crippen LogP) is 2.45. The van der Waals surface area contributed by atoms with Crippen LogP contribution in [-0.4, -0.2) is 67.8 Å². The van der Waals surface area contributed by atoms with E-state index in [-0.39, 0.29) is 40.4 Å². The van der Waals surface area contributed by atoms with Gasteiger partial charge in [0.2, 0.25) is 17.7 Å². The Morgan fingerprint density at radius 2 is 2.03 bits per heavy atom.